The van der Waals surface area contributed by atoms with Gasteiger partial charge in [-0.05, 0) is 50.1 Å². The van der Waals surface area contributed by atoms with Gasteiger partial charge in [-0.1, -0.05) is 30.3 Å². The molecule has 0 amide bonds. The third-order valence-corrected chi connectivity index (χ3v) is 3.60. The second kappa shape index (κ2) is 7.29. The lowest BCUT2D eigenvalue weighted by molar-refractivity contribution is -0.138. The lowest BCUT2D eigenvalue weighted by Crippen LogP contribution is -2.32. The number of aliphatic carboxylic acids is 1. The fourth-order valence-corrected chi connectivity index (χ4v) is 2.40. The van der Waals surface area contributed by atoms with Crippen LogP contribution in [0.4, 0.5) is 0 Å². The zero-order valence-electron chi connectivity index (χ0n) is 11.4. The molecule has 0 saturated heterocycles. The van der Waals surface area contributed by atoms with Crippen LogP contribution in [0.15, 0.2) is 30.3 Å². The highest BCUT2D eigenvalue weighted by molar-refractivity contribution is 5.69. The average Bonchev–Trinajstić information content (AvgIpc) is 3.19. The Labute approximate surface area is 115 Å². The number of hydrogen-bond acceptors (Lipinski definition) is 2. The van der Waals surface area contributed by atoms with E-state index in [0.29, 0.717) is 0 Å². The summed E-state index contributed by atoms with van der Waals surface area (Å²) in [5, 5.41) is 8.91. The van der Waals surface area contributed by atoms with E-state index in [0.717, 1.165) is 38.3 Å². The van der Waals surface area contributed by atoms with Crippen LogP contribution in [0, 0.1) is 5.92 Å². The number of nitrogens with zero attached hydrogens (tertiary/aromatic N) is 1. The molecular formula is C16H23NO2. The Bertz CT molecular complexity index is 387. The normalized spacial score (nSPS) is 14.8. The molecule has 0 radical (unpaired) electrons. The first kappa shape index (κ1) is 14.1. The topological polar surface area (TPSA) is 40.5 Å². The van der Waals surface area contributed by atoms with Crippen molar-refractivity contribution in [2.45, 2.75) is 32.1 Å². The predicted molar refractivity (Wildman–Crippen MR) is 76.2 cm³/mol. The molecule has 1 N–H and O–H groups in total. The van der Waals surface area contributed by atoms with Crippen molar-refractivity contribution in [3.8, 4) is 0 Å². The minimum atomic E-state index is -0.705. The first-order valence-electron chi connectivity index (χ1n) is 7.22. The summed E-state index contributed by atoms with van der Waals surface area (Å²) in [5.74, 6) is 0.0529. The highest BCUT2D eigenvalue weighted by atomic mass is 16.4. The molecule has 1 aliphatic rings. The van der Waals surface area contributed by atoms with Gasteiger partial charge in [0, 0.05) is 6.54 Å². The van der Waals surface area contributed by atoms with Gasteiger partial charge in [-0.25, -0.2) is 0 Å². The fourth-order valence-electron chi connectivity index (χ4n) is 2.40. The van der Waals surface area contributed by atoms with Crippen LogP contribution in [-0.4, -0.2) is 35.6 Å². The van der Waals surface area contributed by atoms with Crippen molar-refractivity contribution in [1.29, 1.82) is 0 Å². The number of carbonyl (C=O) groups is 1. The van der Waals surface area contributed by atoms with E-state index in [1.54, 1.807) is 0 Å². The van der Waals surface area contributed by atoms with Crippen molar-refractivity contribution >= 4 is 5.97 Å². The smallest absolute Gasteiger partial charge is 0.317 e. The molecule has 0 spiro atoms. The van der Waals surface area contributed by atoms with E-state index in [4.69, 9.17) is 5.11 Å². The van der Waals surface area contributed by atoms with E-state index < -0.39 is 5.97 Å². The van der Waals surface area contributed by atoms with E-state index in [1.807, 2.05) is 6.07 Å². The van der Waals surface area contributed by atoms with Gasteiger partial charge in [0.15, 0.2) is 0 Å². The summed E-state index contributed by atoms with van der Waals surface area (Å²) in [6, 6.07) is 10.5. The van der Waals surface area contributed by atoms with Crippen LogP contribution in [0.25, 0.3) is 0 Å². The van der Waals surface area contributed by atoms with Crippen LogP contribution in [0.1, 0.15) is 31.2 Å². The Hall–Kier alpha value is -1.35. The maximum absolute atomic E-state index is 10.8. The average molecular weight is 261 g/mol. The van der Waals surface area contributed by atoms with Crippen molar-refractivity contribution in [2.24, 2.45) is 5.92 Å². The number of benzene rings is 1. The van der Waals surface area contributed by atoms with Crippen molar-refractivity contribution in [2.75, 3.05) is 19.6 Å². The standard InChI is InChI=1S/C16H23NO2/c18-16(19)13-17(12-15-9-10-15)11-5-4-8-14-6-2-1-3-7-14/h1-3,6-7,15H,4-5,8-13H2,(H,18,19). The van der Waals surface area contributed by atoms with Gasteiger partial charge in [-0.15, -0.1) is 0 Å². The zero-order valence-corrected chi connectivity index (χ0v) is 11.4. The molecular weight excluding hydrogens is 238 g/mol. The summed E-state index contributed by atoms with van der Waals surface area (Å²) in [5.41, 5.74) is 1.37. The molecule has 0 bridgehead atoms. The van der Waals surface area contributed by atoms with Gasteiger partial charge in [-0.2, -0.15) is 0 Å². The van der Waals surface area contributed by atoms with E-state index in [-0.39, 0.29) is 6.54 Å². The van der Waals surface area contributed by atoms with Crippen LogP contribution in [0.2, 0.25) is 0 Å². The first-order chi connectivity index (χ1) is 9.24. The van der Waals surface area contributed by atoms with Crippen LogP contribution in [0.5, 0.6) is 0 Å². The van der Waals surface area contributed by atoms with Gasteiger partial charge in [0.25, 0.3) is 0 Å². The number of aryl methyl sites for hydroxylation is 1. The van der Waals surface area contributed by atoms with Crippen LogP contribution >= 0.6 is 0 Å². The first-order valence-corrected chi connectivity index (χ1v) is 7.22. The quantitative estimate of drug-likeness (QED) is 0.695. The van der Waals surface area contributed by atoms with Crippen LogP contribution in [0.3, 0.4) is 0 Å². The summed E-state index contributed by atoms with van der Waals surface area (Å²) in [4.78, 5) is 12.9. The lowest BCUT2D eigenvalue weighted by Gasteiger charge is -2.19. The summed E-state index contributed by atoms with van der Waals surface area (Å²) >= 11 is 0. The Morgan fingerprint density at radius 1 is 1.21 bits per heavy atom. The second-order valence-electron chi connectivity index (χ2n) is 5.51. The molecule has 19 heavy (non-hydrogen) atoms. The Kier molecular flexibility index (Phi) is 5.40. The Morgan fingerprint density at radius 2 is 1.95 bits per heavy atom. The summed E-state index contributed by atoms with van der Waals surface area (Å²) in [6.07, 6.45) is 5.85. The van der Waals surface area contributed by atoms with E-state index in [9.17, 15) is 4.79 Å². The van der Waals surface area contributed by atoms with Crippen LogP contribution in [-0.2, 0) is 11.2 Å². The minimum Gasteiger partial charge on any atom is -0.480 e. The van der Waals surface area contributed by atoms with Gasteiger partial charge in [0.1, 0.15) is 0 Å². The molecule has 1 saturated carbocycles. The molecule has 0 unspecified atom stereocenters. The molecule has 1 aromatic carbocycles. The monoisotopic (exact) mass is 261 g/mol. The molecule has 0 aliphatic heterocycles. The summed E-state index contributed by atoms with van der Waals surface area (Å²) < 4.78 is 0. The molecule has 0 heterocycles. The molecule has 0 aromatic heterocycles. The van der Waals surface area contributed by atoms with E-state index >= 15 is 0 Å². The molecule has 0 atom stereocenters. The number of hydrogen-bond donors (Lipinski definition) is 1. The van der Waals surface area contributed by atoms with E-state index in [1.165, 1.54) is 18.4 Å². The number of rotatable bonds is 9. The van der Waals surface area contributed by atoms with Crippen LogP contribution < -0.4 is 0 Å². The fraction of sp³-hybridized carbons (Fsp3) is 0.562. The highest BCUT2D eigenvalue weighted by Crippen LogP contribution is 2.29. The maximum atomic E-state index is 10.8. The highest BCUT2D eigenvalue weighted by Gasteiger charge is 2.24. The largest absolute Gasteiger partial charge is 0.480 e. The van der Waals surface area contributed by atoms with Crippen molar-refractivity contribution < 1.29 is 9.90 Å². The third-order valence-electron chi connectivity index (χ3n) is 3.60. The SMILES string of the molecule is O=C(O)CN(CCCCc1ccccc1)CC1CC1. The van der Waals surface area contributed by atoms with Gasteiger partial charge in [0.05, 0.1) is 6.54 Å². The summed E-state index contributed by atoms with van der Waals surface area (Å²) in [7, 11) is 0. The Morgan fingerprint density at radius 3 is 2.58 bits per heavy atom. The zero-order chi connectivity index (χ0) is 13.5. The predicted octanol–water partition coefficient (Wildman–Crippen LogP) is 2.81. The molecule has 2 rings (SSSR count). The lowest BCUT2D eigenvalue weighted by atomic mass is 10.1. The van der Waals surface area contributed by atoms with Gasteiger partial charge in [-0.3, -0.25) is 9.69 Å². The van der Waals surface area contributed by atoms with Gasteiger partial charge >= 0.3 is 5.97 Å². The third kappa shape index (κ3) is 5.88. The number of carboxylic acid groups (broad SMARTS) is 1. The molecule has 1 fully saturated rings. The van der Waals surface area contributed by atoms with Crippen molar-refractivity contribution in [3.63, 3.8) is 0 Å². The van der Waals surface area contributed by atoms with Crippen molar-refractivity contribution in [1.82, 2.24) is 4.90 Å². The second-order valence-corrected chi connectivity index (χ2v) is 5.51. The molecule has 3 heteroatoms. The number of unbranched alkanes of at least 4 members (excludes halogenated alkanes) is 1. The van der Waals surface area contributed by atoms with E-state index in [2.05, 4.69) is 29.2 Å². The molecule has 1 aliphatic carbocycles. The molecule has 104 valence electrons. The molecule has 1 aromatic rings. The molecule has 3 nitrogen and oxygen atoms in total. The maximum Gasteiger partial charge on any atom is 0.317 e. The van der Waals surface area contributed by atoms with Gasteiger partial charge in [0.2, 0.25) is 0 Å². The Balaban J connectivity index is 1.65. The van der Waals surface area contributed by atoms with Gasteiger partial charge < -0.3 is 5.11 Å². The number of carboxylic acids is 1. The summed E-state index contributed by atoms with van der Waals surface area (Å²) in [6.45, 7) is 2.08. The van der Waals surface area contributed by atoms with Crippen molar-refractivity contribution in [3.05, 3.63) is 35.9 Å². The minimum absolute atomic E-state index is 0.196.